The van der Waals surface area contributed by atoms with Gasteiger partial charge in [0.15, 0.2) is 12.6 Å². The Kier molecular flexibility index (Phi) is 3.02. The van der Waals surface area contributed by atoms with Crippen molar-refractivity contribution >= 4 is 12.6 Å². The first kappa shape index (κ1) is 8.46. The van der Waals surface area contributed by atoms with Crippen molar-refractivity contribution in [2.75, 3.05) is 6.61 Å². The maximum absolute atomic E-state index is 10.4. The first-order valence-corrected chi connectivity index (χ1v) is 3.49. The van der Waals surface area contributed by atoms with E-state index in [0.717, 1.165) is 0 Å². The highest BCUT2D eigenvalue weighted by molar-refractivity contribution is 5.79. The summed E-state index contributed by atoms with van der Waals surface area (Å²) in [4.78, 5) is 20.4. The summed E-state index contributed by atoms with van der Waals surface area (Å²) in [7, 11) is 0. The molecule has 0 radical (unpaired) electrons. The van der Waals surface area contributed by atoms with Crippen LogP contribution in [0.4, 0.5) is 0 Å². The predicted molar refractivity (Wildman–Crippen MR) is 43.4 cm³/mol. The summed E-state index contributed by atoms with van der Waals surface area (Å²) in [6.07, 6.45) is 1.34. The first-order chi connectivity index (χ1) is 5.88. The molecule has 1 aromatic carbocycles. The summed E-state index contributed by atoms with van der Waals surface area (Å²) in [6, 6.07) is 6.75. The molecule has 0 aromatic heterocycles. The zero-order valence-electron chi connectivity index (χ0n) is 6.40. The third-order valence-corrected chi connectivity index (χ3v) is 1.35. The molecule has 0 aliphatic heterocycles. The summed E-state index contributed by atoms with van der Waals surface area (Å²) in [5.74, 6) is 0.444. The molecule has 0 aliphatic rings. The molecule has 0 saturated carbocycles. The fourth-order valence-corrected chi connectivity index (χ4v) is 0.833. The minimum Gasteiger partial charge on any atom is -0.485 e. The van der Waals surface area contributed by atoms with Crippen molar-refractivity contribution in [2.24, 2.45) is 0 Å². The molecule has 0 spiro atoms. The van der Waals surface area contributed by atoms with Gasteiger partial charge in [-0.15, -0.1) is 0 Å². The number of rotatable bonds is 4. The fourth-order valence-electron chi connectivity index (χ4n) is 0.833. The quantitative estimate of drug-likeness (QED) is 0.625. The molecule has 0 saturated heterocycles. The Morgan fingerprint density at radius 1 is 1.25 bits per heavy atom. The number of hydrogen-bond donors (Lipinski definition) is 0. The van der Waals surface area contributed by atoms with Crippen LogP contribution in [0, 0.1) is 0 Å². The van der Waals surface area contributed by atoms with Crippen LogP contribution in [0.3, 0.4) is 0 Å². The summed E-state index contributed by atoms with van der Waals surface area (Å²) in [5, 5.41) is 0. The van der Waals surface area contributed by atoms with Crippen molar-refractivity contribution in [2.45, 2.75) is 0 Å². The molecule has 0 amide bonds. The van der Waals surface area contributed by atoms with Crippen molar-refractivity contribution in [3.63, 3.8) is 0 Å². The van der Waals surface area contributed by atoms with Gasteiger partial charge >= 0.3 is 0 Å². The summed E-state index contributed by atoms with van der Waals surface area (Å²) < 4.78 is 4.98. The van der Waals surface area contributed by atoms with Gasteiger partial charge in [-0.1, -0.05) is 12.1 Å². The number of ether oxygens (including phenoxy) is 1. The van der Waals surface area contributed by atoms with E-state index < -0.39 is 0 Å². The third-order valence-electron chi connectivity index (χ3n) is 1.35. The second-order valence-corrected chi connectivity index (χ2v) is 2.13. The minimum atomic E-state index is -0.0230. The van der Waals surface area contributed by atoms with E-state index in [4.69, 9.17) is 4.74 Å². The van der Waals surface area contributed by atoms with Crippen LogP contribution in [0.15, 0.2) is 24.3 Å². The van der Waals surface area contributed by atoms with Gasteiger partial charge in [-0.25, -0.2) is 0 Å². The molecule has 0 N–H and O–H groups in total. The Morgan fingerprint density at radius 2 is 2.00 bits per heavy atom. The highest BCUT2D eigenvalue weighted by Gasteiger charge is 1.99. The third kappa shape index (κ3) is 1.92. The number of carbonyl (C=O) groups is 2. The SMILES string of the molecule is O=CCOc1ccccc1C=O. The molecule has 0 unspecified atom stereocenters. The lowest BCUT2D eigenvalue weighted by Crippen LogP contribution is -1.99. The molecular weight excluding hydrogens is 156 g/mol. The van der Waals surface area contributed by atoms with Gasteiger partial charge in [-0.05, 0) is 12.1 Å². The van der Waals surface area contributed by atoms with Gasteiger partial charge in [0.1, 0.15) is 12.4 Å². The first-order valence-electron chi connectivity index (χ1n) is 3.49. The Bertz CT molecular complexity index is 281. The maximum Gasteiger partial charge on any atom is 0.157 e. The molecule has 12 heavy (non-hydrogen) atoms. The number of aldehydes is 2. The van der Waals surface area contributed by atoms with E-state index in [-0.39, 0.29) is 6.61 Å². The van der Waals surface area contributed by atoms with Crippen LogP contribution in [-0.2, 0) is 4.79 Å². The van der Waals surface area contributed by atoms with Crippen LogP contribution in [0.1, 0.15) is 10.4 Å². The Morgan fingerprint density at radius 3 is 2.67 bits per heavy atom. The minimum absolute atomic E-state index is 0.0230. The van der Waals surface area contributed by atoms with E-state index in [1.54, 1.807) is 24.3 Å². The van der Waals surface area contributed by atoms with Crippen LogP contribution < -0.4 is 4.74 Å². The highest BCUT2D eigenvalue weighted by Crippen LogP contribution is 2.14. The highest BCUT2D eigenvalue weighted by atomic mass is 16.5. The summed E-state index contributed by atoms with van der Waals surface area (Å²) in [5.41, 5.74) is 0.458. The lowest BCUT2D eigenvalue weighted by molar-refractivity contribution is -0.109. The second kappa shape index (κ2) is 4.28. The summed E-state index contributed by atoms with van der Waals surface area (Å²) in [6.45, 7) is -0.0230. The average molecular weight is 164 g/mol. The van der Waals surface area contributed by atoms with E-state index in [0.29, 0.717) is 23.9 Å². The van der Waals surface area contributed by atoms with E-state index in [1.165, 1.54) is 0 Å². The molecule has 0 heterocycles. The molecule has 0 aliphatic carbocycles. The molecule has 3 heteroatoms. The van der Waals surface area contributed by atoms with Gasteiger partial charge < -0.3 is 4.74 Å². The molecule has 0 atom stereocenters. The van der Waals surface area contributed by atoms with Crippen LogP contribution in [0.25, 0.3) is 0 Å². The molecule has 3 nitrogen and oxygen atoms in total. The van der Waals surface area contributed by atoms with Crippen molar-refractivity contribution < 1.29 is 14.3 Å². The maximum atomic E-state index is 10.4. The second-order valence-electron chi connectivity index (χ2n) is 2.13. The van der Waals surface area contributed by atoms with Crippen molar-refractivity contribution in [3.8, 4) is 5.75 Å². The Labute approximate surface area is 70.0 Å². The molecule has 0 fully saturated rings. The van der Waals surface area contributed by atoms with Gasteiger partial charge in [0.2, 0.25) is 0 Å². The number of benzene rings is 1. The topological polar surface area (TPSA) is 43.4 Å². The van der Waals surface area contributed by atoms with Crippen molar-refractivity contribution in [3.05, 3.63) is 29.8 Å². The zero-order chi connectivity index (χ0) is 8.81. The van der Waals surface area contributed by atoms with E-state index >= 15 is 0 Å². The average Bonchev–Trinajstić information content (AvgIpc) is 2.15. The van der Waals surface area contributed by atoms with E-state index in [9.17, 15) is 9.59 Å². The van der Waals surface area contributed by atoms with Crippen LogP contribution in [0.5, 0.6) is 5.75 Å². The van der Waals surface area contributed by atoms with Gasteiger partial charge in [0.05, 0.1) is 5.56 Å². The largest absolute Gasteiger partial charge is 0.485 e. The smallest absolute Gasteiger partial charge is 0.157 e. The van der Waals surface area contributed by atoms with Crippen LogP contribution in [-0.4, -0.2) is 19.2 Å². The lowest BCUT2D eigenvalue weighted by atomic mass is 10.2. The predicted octanol–water partition coefficient (Wildman–Crippen LogP) is 1.08. The van der Waals surface area contributed by atoms with Crippen molar-refractivity contribution in [1.82, 2.24) is 0 Å². The lowest BCUT2D eigenvalue weighted by Gasteiger charge is -2.03. The molecule has 1 rings (SSSR count). The standard InChI is InChI=1S/C9H8O3/c10-5-6-12-9-4-2-1-3-8(9)7-11/h1-5,7H,6H2. The number of para-hydroxylation sites is 1. The molecule has 1 aromatic rings. The fraction of sp³-hybridized carbons (Fsp3) is 0.111. The molecular formula is C9H8O3. The van der Waals surface area contributed by atoms with Crippen molar-refractivity contribution in [1.29, 1.82) is 0 Å². The van der Waals surface area contributed by atoms with Gasteiger partial charge in [-0.2, -0.15) is 0 Å². The van der Waals surface area contributed by atoms with Crippen LogP contribution >= 0.6 is 0 Å². The normalized spacial score (nSPS) is 9.00. The zero-order valence-corrected chi connectivity index (χ0v) is 6.40. The monoisotopic (exact) mass is 164 g/mol. The molecule has 62 valence electrons. The Hall–Kier alpha value is -1.64. The van der Waals surface area contributed by atoms with E-state index in [2.05, 4.69) is 0 Å². The van der Waals surface area contributed by atoms with Gasteiger partial charge in [0, 0.05) is 0 Å². The number of carbonyl (C=O) groups excluding carboxylic acids is 2. The Balaban J connectivity index is 2.81. The van der Waals surface area contributed by atoms with Gasteiger partial charge in [0.25, 0.3) is 0 Å². The number of hydrogen-bond acceptors (Lipinski definition) is 3. The van der Waals surface area contributed by atoms with E-state index in [1.807, 2.05) is 0 Å². The molecule has 0 bridgehead atoms. The summed E-state index contributed by atoms with van der Waals surface area (Å²) >= 11 is 0. The van der Waals surface area contributed by atoms with Crippen LogP contribution in [0.2, 0.25) is 0 Å². The van der Waals surface area contributed by atoms with Gasteiger partial charge in [-0.3, -0.25) is 9.59 Å².